The van der Waals surface area contributed by atoms with Crippen molar-refractivity contribution < 1.29 is 9.53 Å². The highest BCUT2D eigenvalue weighted by molar-refractivity contribution is 5.83. The van der Waals surface area contributed by atoms with Gasteiger partial charge in [0, 0.05) is 31.7 Å². The van der Waals surface area contributed by atoms with Crippen LogP contribution in [0.1, 0.15) is 32.1 Å². The summed E-state index contributed by atoms with van der Waals surface area (Å²) in [6.45, 7) is 6.80. The zero-order valence-corrected chi connectivity index (χ0v) is 11.9. The molecule has 0 radical (unpaired) electrons. The molecule has 3 saturated heterocycles. The lowest BCUT2D eigenvalue weighted by molar-refractivity contribution is -0.123. The summed E-state index contributed by atoms with van der Waals surface area (Å²) >= 11 is 0. The molecular formula is C15H26N2O2. The summed E-state index contributed by atoms with van der Waals surface area (Å²) in [4.78, 5) is 17.2. The number of ketones is 1. The smallest absolute Gasteiger partial charge is 0.152 e. The van der Waals surface area contributed by atoms with Crippen LogP contribution in [0.15, 0.2) is 0 Å². The summed E-state index contributed by atoms with van der Waals surface area (Å²) < 4.78 is 5.31. The molecule has 19 heavy (non-hydrogen) atoms. The molecule has 4 heteroatoms. The SMILES string of the molecule is O=C(CN1CCC(N2CCCCC2)C1)C1CCOC1. The number of rotatable bonds is 4. The number of piperidine rings is 1. The van der Waals surface area contributed by atoms with Crippen LogP contribution in [0.4, 0.5) is 0 Å². The van der Waals surface area contributed by atoms with Crippen LogP contribution < -0.4 is 0 Å². The molecule has 0 N–H and O–H groups in total. The molecule has 2 unspecified atom stereocenters. The van der Waals surface area contributed by atoms with Crippen LogP contribution in [0.2, 0.25) is 0 Å². The van der Waals surface area contributed by atoms with Crippen LogP contribution in [0, 0.1) is 5.92 Å². The number of ether oxygens (including phenoxy) is 1. The third-order valence-electron chi connectivity index (χ3n) is 4.92. The molecule has 0 spiro atoms. The van der Waals surface area contributed by atoms with Crippen LogP contribution in [0.25, 0.3) is 0 Å². The molecule has 0 aliphatic carbocycles. The van der Waals surface area contributed by atoms with E-state index in [0.717, 1.165) is 26.1 Å². The Kier molecular flexibility index (Phi) is 4.51. The second kappa shape index (κ2) is 6.33. The van der Waals surface area contributed by atoms with Gasteiger partial charge in [-0.1, -0.05) is 6.42 Å². The van der Waals surface area contributed by atoms with Gasteiger partial charge in [-0.3, -0.25) is 14.6 Å². The van der Waals surface area contributed by atoms with E-state index in [2.05, 4.69) is 9.80 Å². The van der Waals surface area contributed by atoms with E-state index in [4.69, 9.17) is 4.74 Å². The van der Waals surface area contributed by atoms with Crippen molar-refractivity contribution in [1.82, 2.24) is 9.80 Å². The van der Waals surface area contributed by atoms with E-state index >= 15 is 0 Å². The average molecular weight is 266 g/mol. The largest absolute Gasteiger partial charge is 0.381 e. The Morgan fingerprint density at radius 2 is 1.95 bits per heavy atom. The van der Waals surface area contributed by atoms with Crippen molar-refractivity contribution in [2.75, 3.05) is 45.9 Å². The third-order valence-corrected chi connectivity index (χ3v) is 4.92. The maximum absolute atomic E-state index is 12.1. The van der Waals surface area contributed by atoms with E-state index in [1.165, 1.54) is 38.8 Å². The van der Waals surface area contributed by atoms with Crippen molar-refractivity contribution in [3.05, 3.63) is 0 Å². The van der Waals surface area contributed by atoms with Crippen molar-refractivity contribution in [3.8, 4) is 0 Å². The van der Waals surface area contributed by atoms with Gasteiger partial charge in [0.1, 0.15) is 0 Å². The fourth-order valence-electron chi connectivity index (χ4n) is 3.68. The molecule has 3 aliphatic rings. The number of carbonyl (C=O) groups excluding carboxylic acids is 1. The molecule has 0 bridgehead atoms. The summed E-state index contributed by atoms with van der Waals surface area (Å²) in [5, 5.41) is 0. The van der Waals surface area contributed by atoms with E-state index in [0.29, 0.717) is 25.0 Å². The predicted octanol–water partition coefficient (Wildman–Crippen LogP) is 1.15. The van der Waals surface area contributed by atoms with Crippen LogP contribution in [0.3, 0.4) is 0 Å². The second-order valence-electron chi connectivity index (χ2n) is 6.30. The minimum atomic E-state index is 0.175. The molecule has 0 amide bonds. The van der Waals surface area contributed by atoms with Gasteiger partial charge in [-0.15, -0.1) is 0 Å². The molecule has 2 atom stereocenters. The molecule has 3 fully saturated rings. The summed E-state index contributed by atoms with van der Waals surface area (Å²) in [5.74, 6) is 0.575. The zero-order valence-electron chi connectivity index (χ0n) is 11.9. The first kappa shape index (κ1) is 13.5. The topological polar surface area (TPSA) is 32.8 Å². The fourth-order valence-corrected chi connectivity index (χ4v) is 3.68. The van der Waals surface area contributed by atoms with Gasteiger partial charge < -0.3 is 4.74 Å². The Labute approximate surface area is 116 Å². The first-order chi connectivity index (χ1) is 9.33. The molecule has 3 heterocycles. The third kappa shape index (κ3) is 3.36. The molecule has 108 valence electrons. The molecule has 0 aromatic rings. The Balaban J connectivity index is 1.44. The highest BCUT2D eigenvalue weighted by Gasteiger charge is 2.31. The molecule has 3 aliphatic heterocycles. The number of Topliss-reactive ketones (excluding diaryl/α,β-unsaturated/α-hetero) is 1. The average Bonchev–Trinajstić information content (AvgIpc) is 3.11. The van der Waals surface area contributed by atoms with Crippen molar-refractivity contribution in [2.24, 2.45) is 5.92 Å². The van der Waals surface area contributed by atoms with E-state index in [9.17, 15) is 4.79 Å². The van der Waals surface area contributed by atoms with Gasteiger partial charge in [-0.25, -0.2) is 0 Å². The summed E-state index contributed by atoms with van der Waals surface area (Å²) in [7, 11) is 0. The van der Waals surface area contributed by atoms with Gasteiger partial charge in [0.05, 0.1) is 13.2 Å². The number of nitrogens with zero attached hydrogens (tertiary/aromatic N) is 2. The summed E-state index contributed by atoms with van der Waals surface area (Å²) in [5.41, 5.74) is 0. The van der Waals surface area contributed by atoms with E-state index in [1.54, 1.807) is 0 Å². The molecule has 4 nitrogen and oxygen atoms in total. The number of hydrogen-bond donors (Lipinski definition) is 0. The van der Waals surface area contributed by atoms with Crippen LogP contribution in [0.5, 0.6) is 0 Å². The lowest BCUT2D eigenvalue weighted by atomic mass is 10.0. The molecule has 3 rings (SSSR count). The first-order valence-electron chi connectivity index (χ1n) is 7.90. The lowest BCUT2D eigenvalue weighted by Crippen LogP contribution is -2.41. The lowest BCUT2D eigenvalue weighted by Gasteiger charge is -2.32. The zero-order chi connectivity index (χ0) is 13.1. The van der Waals surface area contributed by atoms with Gasteiger partial charge in [-0.05, 0) is 38.8 Å². The van der Waals surface area contributed by atoms with Crippen molar-refractivity contribution in [2.45, 2.75) is 38.1 Å². The van der Waals surface area contributed by atoms with Crippen molar-refractivity contribution in [3.63, 3.8) is 0 Å². The minimum absolute atomic E-state index is 0.175. The summed E-state index contributed by atoms with van der Waals surface area (Å²) in [6.07, 6.45) is 6.29. The van der Waals surface area contributed by atoms with Gasteiger partial charge in [0.2, 0.25) is 0 Å². The van der Waals surface area contributed by atoms with Gasteiger partial charge in [0.15, 0.2) is 5.78 Å². The van der Waals surface area contributed by atoms with Gasteiger partial charge >= 0.3 is 0 Å². The Bertz CT molecular complexity index is 309. The Morgan fingerprint density at radius 1 is 1.11 bits per heavy atom. The monoisotopic (exact) mass is 266 g/mol. The maximum atomic E-state index is 12.1. The number of hydrogen-bond acceptors (Lipinski definition) is 4. The molecule has 0 aromatic heterocycles. The molecule has 0 saturated carbocycles. The van der Waals surface area contributed by atoms with Crippen LogP contribution >= 0.6 is 0 Å². The van der Waals surface area contributed by atoms with Gasteiger partial charge in [-0.2, -0.15) is 0 Å². The van der Waals surface area contributed by atoms with Crippen LogP contribution in [-0.4, -0.2) is 67.6 Å². The van der Waals surface area contributed by atoms with Crippen molar-refractivity contribution in [1.29, 1.82) is 0 Å². The first-order valence-corrected chi connectivity index (χ1v) is 7.90. The van der Waals surface area contributed by atoms with E-state index in [-0.39, 0.29) is 5.92 Å². The van der Waals surface area contributed by atoms with E-state index < -0.39 is 0 Å². The van der Waals surface area contributed by atoms with Crippen LogP contribution in [-0.2, 0) is 9.53 Å². The second-order valence-corrected chi connectivity index (χ2v) is 6.30. The van der Waals surface area contributed by atoms with E-state index in [1.807, 2.05) is 0 Å². The fraction of sp³-hybridized carbons (Fsp3) is 0.933. The highest BCUT2D eigenvalue weighted by atomic mass is 16.5. The van der Waals surface area contributed by atoms with Crippen molar-refractivity contribution >= 4 is 5.78 Å². The normalized spacial score (nSPS) is 33.9. The molecule has 0 aromatic carbocycles. The highest BCUT2D eigenvalue weighted by Crippen LogP contribution is 2.21. The predicted molar refractivity (Wildman–Crippen MR) is 74.2 cm³/mol. The molecular weight excluding hydrogens is 240 g/mol. The number of carbonyl (C=O) groups is 1. The number of likely N-dealkylation sites (tertiary alicyclic amines) is 2. The Morgan fingerprint density at radius 3 is 2.68 bits per heavy atom. The maximum Gasteiger partial charge on any atom is 0.152 e. The minimum Gasteiger partial charge on any atom is -0.381 e. The standard InChI is InChI=1S/C15H26N2O2/c18-15(13-5-9-19-12-13)11-16-8-4-14(10-16)17-6-2-1-3-7-17/h13-14H,1-12H2. The Hall–Kier alpha value is -0.450. The quantitative estimate of drug-likeness (QED) is 0.764. The summed E-state index contributed by atoms with van der Waals surface area (Å²) in [6, 6.07) is 0.702. The van der Waals surface area contributed by atoms with Gasteiger partial charge in [0.25, 0.3) is 0 Å².